The fourth-order valence-electron chi connectivity index (χ4n) is 1.41. The molecule has 0 radical (unpaired) electrons. The lowest BCUT2D eigenvalue weighted by Crippen LogP contribution is -2.09. The fourth-order valence-corrected chi connectivity index (χ4v) is 1.41. The second kappa shape index (κ2) is 4.82. The molecule has 1 N–H and O–H groups in total. The van der Waals surface area contributed by atoms with E-state index in [-0.39, 0.29) is 5.88 Å². The quantitative estimate of drug-likeness (QED) is 0.879. The highest BCUT2D eigenvalue weighted by Crippen LogP contribution is 2.21. The average Bonchev–Trinajstić information content (AvgIpc) is 2.69. The lowest BCUT2D eigenvalue weighted by atomic mass is 10.3. The molecule has 0 spiro atoms. The second-order valence-corrected chi connectivity index (χ2v) is 3.54. The number of nitrogens with zero attached hydrogens (tertiary/aromatic N) is 3. The molecule has 2 aromatic rings. The normalized spacial score (nSPS) is 10.3. The van der Waals surface area contributed by atoms with E-state index in [9.17, 15) is 9.18 Å². The van der Waals surface area contributed by atoms with Gasteiger partial charge in [0, 0.05) is 13.1 Å². The molecule has 18 heavy (non-hydrogen) atoms. The van der Waals surface area contributed by atoms with Gasteiger partial charge in [0.05, 0.1) is 17.6 Å². The summed E-state index contributed by atoms with van der Waals surface area (Å²) in [6.45, 7) is -0.465. The summed E-state index contributed by atoms with van der Waals surface area (Å²) in [4.78, 5) is 14.3. The first kappa shape index (κ1) is 12.0. The van der Waals surface area contributed by atoms with Crippen molar-refractivity contribution < 1.29 is 19.0 Å². The third-order valence-corrected chi connectivity index (χ3v) is 2.19. The summed E-state index contributed by atoms with van der Waals surface area (Å²) < 4.78 is 19.2. The van der Waals surface area contributed by atoms with Gasteiger partial charge in [-0.15, -0.1) is 5.10 Å². The monoisotopic (exact) mass is 251 g/mol. The molecule has 7 heteroatoms. The van der Waals surface area contributed by atoms with Crippen LogP contribution in [0.5, 0.6) is 5.88 Å². The van der Waals surface area contributed by atoms with E-state index in [2.05, 4.69) is 10.1 Å². The maximum atomic E-state index is 12.7. The Hall–Kier alpha value is -2.44. The summed E-state index contributed by atoms with van der Waals surface area (Å²) in [6.07, 6.45) is 1.10. The molecule has 2 rings (SSSR count). The van der Waals surface area contributed by atoms with E-state index >= 15 is 0 Å². The van der Waals surface area contributed by atoms with Crippen LogP contribution in [0.1, 0.15) is 0 Å². The number of pyridine rings is 1. The van der Waals surface area contributed by atoms with E-state index in [1.165, 1.54) is 16.8 Å². The molecule has 6 nitrogen and oxygen atoms in total. The Morgan fingerprint density at radius 2 is 2.33 bits per heavy atom. The van der Waals surface area contributed by atoms with Crippen molar-refractivity contribution in [3.05, 3.63) is 30.2 Å². The van der Waals surface area contributed by atoms with Crippen LogP contribution in [0, 0.1) is 5.82 Å². The highest BCUT2D eigenvalue weighted by atomic mass is 19.1. The van der Waals surface area contributed by atoms with Crippen LogP contribution in [0.3, 0.4) is 0 Å². The zero-order valence-corrected chi connectivity index (χ0v) is 9.50. The van der Waals surface area contributed by atoms with Crippen molar-refractivity contribution in [3.63, 3.8) is 0 Å². The molecule has 2 aromatic heterocycles. The molecule has 0 amide bonds. The molecular formula is C11H10FN3O3. The molecule has 0 bridgehead atoms. The van der Waals surface area contributed by atoms with Crippen molar-refractivity contribution in [3.8, 4) is 17.3 Å². The Morgan fingerprint density at radius 1 is 1.56 bits per heavy atom. The molecular weight excluding hydrogens is 241 g/mol. The summed E-state index contributed by atoms with van der Waals surface area (Å²) in [5.41, 5.74) is 1.13. The Bertz CT molecular complexity index is 565. The van der Waals surface area contributed by atoms with Gasteiger partial charge in [-0.3, -0.25) is 9.67 Å². The molecule has 0 aliphatic heterocycles. The van der Waals surface area contributed by atoms with Gasteiger partial charge in [0.15, 0.2) is 6.61 Å². The van der Waals surface area contributed by atoms with Crippen molar-refractivity contribution in [2.24, 2.45) is 7.05 Å². The van der Waals surface area contributed by atoms with Crippen molar-refractivity contribution >= 4 is 5.97 Å². The molecule has 0 saturated carbocycles. The summed E-state index contributed by atoms with van der Waals surface area (Å²) in [5.74, 6) is -1.33. The van der Waals surface area contributed by atoms with Gasteiger partial charge in [-0.1, -0.05) is 0 Å². The van der Waals surface area contributed by atoms with Crippen LogP contribution in [0.25, 0.3) is 11.4 Å². The number of ether oxygens (including phenoxy) is 1. The van der Waals surface area contributed by atoms with Crippen molar-refractivity contribution in [1.29, 1.82) is 0 Å². The van der Waals surface area contributed by atoms with Crippen LogP contribution in [0.15, 0.2) is 24.4 Å². The number of rotatable bonds is 4. The first-order valence-electron chi connectivity index (χ1n) is 5.07. The molecule has 0 unspecified atom stereocenters. The van der Waals surface area contributed by atoms with Crippen LogP contribution < -0.4 is 4.74 Å². The van der Waals surface area contributed by atoms with Gasteiger partial charge in [-0.2, -0.15) is 0 Å². The van der Waals surface area contributed by atoms with Gasteiger partial charge < -0.3 is 9.84 Å². The first-order valence-corrected chi connectivity index (χ1v) is 5.07. The number of aliphatic carboxylic acids is 1. The minimum atomic E-state index is -1.08. The minimum absolute atomic E-state index is 0.182. The Morgan fingerprint density at radius 3 is 2.94 bits per heavy atom. The molecule has 0 aliphatic rings. The van der Waals surface area contributed by atoms with Crippen LogP contribution in [-0.2, 0) is 11.8 Å². The number of hydrogen-bond acceptors (Lipinski definition) is 4. The molecule has 0 aromatic carbocycles. The van der Waals surface area contributed by atoms with Crippen molar-refractivity contribution in [2.75, 3.05) is 6.61 Å². The van der Waals surface area contributed by atoms with E-state index in [1.54, 1.807) is 13.1 Å². The summed E-state index contributed by atoms with van der Waals surface area (Å²) >= 11 is 0. The molecule has 0 saturated heterocycles. The zero-order chi connectivity index (χ0) is 13.1. The standard InChI is InChI=1S/C11H10FN3O3/c1-15-9(8-3-2-7(12)5-13-8)4-10(14-15)18-6-11(16)17/h2-5H,6H2,1H3,(H,16,17). The Kier molecular flexibility index (Phi) is 3.22. The van der Waals surface area contributed by atoms with E-state index in [1.807, 2.05) is 0 Å². The van der Waals surface area contributed by atoms with Crippen LogP contribution in [0.2, 0.25) is 0 Å². The predicted molar refractivity (Wildman–Crippen MR) is 59.5 cm³/mol. The number of hydrogen-bond donors (Lipinski definition) is 1. The third-order valence-electron chi connectivity index (χ3n) is 2.19. The number of aromatic nitrogens is 3. The van der Waals surface area contributed by atoms with E-state index in [0.29, 0.717) is 11.4 Å². The third kappa shape index (κ3) is 2.62. The lowest BCUT2D eigenvalue weighted by Gasteiger charge is -1.99. The SMILES string of the molecule is Cn1nc(OCC(=O)O)cc1-c1ccc(F)cn1. The second-order valence-electron chi connectivity index (χ2n) is 3.54. The maximum absolute atomic E-state index is 12.7. The molecule has 2 heterocycles. The number of halogens is 1. The molecule has 0 fully saturated rings. The van der Waals surface area contributed by atoms with Gasteiger partial charge in [0.25, 0.3) is 0 Å². The number of carboxylic acids is 1. The summed E-state index contributed by atoms with van der Waals surface area (Å²) in [5, 5.41) is 12.5. The molecule has 0 aliphatic carbocycles. The van der Waals surface area contributed by atoms with Crippen LogP contribution >= 0.6 is 0 Å². The van der Waals surface area contributed by atoms with E-state index < -0.39 is 18.4 Å². The summed E-state index contributed by atoms with van der Waals surface area (Å²) in [7, 11) is 1.66. The topological polar surface area (TPSA) is 77.2 Å². The largest absolute Gasteiger partial charge is 0.479 e. The van der Waals surface area contributed by atoms with Gasteiger partial charge in [-0.05, 0) is 12.1 Å². The first-order chi connectivity index (χ1) is 8.56. The van der Waals surface area contributed by atoms with Gasteiger partial charge >= 0.3 is 5.97 Å². The summed E-state index contributed by atoms with van der Waals surface area (Å²) in [6, 6.07) is 4.34. The predicted octanol–water partition coefficient (Wildman–Crippen LogP) is 1.08. The van der Waals surface area contributed by atoms with Gasteiger partial charge in [0.1, 0.15) is 5.82 Å². The van der Waals surface area contributed by atoms with Crippen molar-refractivity contribution in [2.45, 2.75) is 0 Å². The molecule has 0 atom stereocenters. The van der Waals surface area contributed by atoms with E-state index in [0.717, 1.165) is 6.20 Å². The highest BCUT2D eigenvalue weighted by Gasteiger charge is 2.10. The van der Waals surface area contributed by atoms with Gasteiger partial charge in [-0.25, -0.2) is 9.18 Å². The zero-order valence-electron chi connectivity index (χ0n) is 9.50. The lowest BCUT2D eigenvalue weighted by molar-refractivity contribution is -0.139. The van der Waals surface area contributed by atoms with Gasteiger partial charge in [0.2, 0.25) is 5.88 Å². The highest BCUT2D eigenvalue weighted by molar-refractivity contribution is 5.68. The fraction of sp³-hybridized carbons (Fsp3) is 0.182. The maximum Gasteiger partial charge on any atom is 0.341 e. The van der Waals surface area contributed by atoms with Crippen molar-refractivity contribution in [1.82, 2.24) is 14.8 Å². The Balaban J connectivity index is 2.23. The van der Waals surface area contributed by atoms with E-state index in [4.69, 9.17) is 9.84 Å². The number of carbonyl (C=O) groups is 1. The molecule has 94 valence electrons. The average molecular weight is 251 g/mol. The number of carboxylic acid groups (broad SMARTS) is 1. The Labute approximate surface area is 102 Å². The number of aryl methyl sites for hydroxylation is 1. The van der Waals surface area contributed by atoms with Crippen LogP contribution in [0.4, 0.5) is 4.39 Å². The minimum Gasteiger partial charge on any atom is -0.479 e. The smallest absolute Gasteiger partial charge is 0.341 e. The van der Waals surface area contributed by atoms with Crippen LogP contribution in [-0.4, -0.2) is 32.4 Å².